The van der Waals surface area contributed by atoms with E-state index < -0.39 is 41.6 Å². The Kier molecular flexibility index (Phi) is 4.99. The van der Waals surface area contributed by atoms with Crippen LogP contribution in [0.25, 0.3) is 0 Å². The Hall–Kier alpha value is -2.42. The number of aromatic nitrogens is 2. The number of primary amides is 1. The fourth-order valence-corrected chi connectivity index (χ4v) is 3.35. The summed E-state index contributed by atoms with van der Waals surface area (Å²) in [4.78, 5) is 20.1. The molecule has 0 saturated heterocycles. The summed E-state index contributed by atoms with van der Waals surface area (Å²) in [6, 6.07) is 1.73. The summed E-state index contributed by atoms with van der Waals surface area (Å²) in [6.07, 6.45) is -1.69. The van der Waals surface area contributed by atoms with Gasteiger partial charge in [-0.25, -0.2) is 32.2 Å². The third-order valence-electron chi connectivity index (χ3n) is 4.15. The van der Waals surface area contributed by atoms with Crippen LogP contribution in [0.5, 0.6) is 0 Å². The number of hydrogen-bond acceptors (Lipinski definition) is 3. The molecule has 26 heavy (non-hydrogen) atoms. The van der Waals surface area contributed by atoms with E-state index in [0.717, 1.165) is 18.2 Å². The van der Waals surface area contributed by atoms with Crippen LogP contribution in [0.15, 0.2) is 18.2 Å². The second-order valence-corrected chi connectivity index (χ2v) is 6.11. The first-order valence-electron chi connectivity index (χ1n) is 7.69. The molecule has 0 spiro atoms. The summed E-state index contributed by atoms with van der Waals surface area (Å²) in [7, 11) is 0. The third-order valence-corrected chi connectivity index (χ3v) is 4.44. The van der Waals surface area contributed by atoms with Crippen molar-refractivity contribution in [3.63, 3.8) is 0 Å². The molecule has 2 aromatic rings. The molecule has 1 heterocycles. The van der Waals surface area contributed by atoms with E-state index in [1.54, 1.807) is 0 Å². The minimum absolute atomic E-state index is 0.0927. The zero-order chi connectivity index (χ0) is 19.0. The van der Waals surface area contributed by atoms with Crippen molar-refractivity contribution in [3.8, 4) is 0 Å². The quantitative estimate of drug-likeness (QED) is 0.629. The largest absolute Gasteiger partial charge is 0.351 e. The number of benzene rings is 1. The van der Waals surface area contributed by atoms with Gasteiger partial charge in [-0.05, 0) is 31.4 Å². The number of nitrogens with two attached hydrogens (primary N) is 1. The van der Waals surface area contributed by atoms with E-state index >= 15 is 0 Å². The Morgan fingerprint density at radius 3 is 2.50 bits per heavy atom. The maximum atomic E-state index is 14.1. The van der Waals surface area contributed by atoms with E-state index in [-0.39, 0.29) is 22.8 Å². The molecule has 1 atom stereocenters. The van der Waals surface area contributed by atoms with Gasteiger partial charge in [0, 0.05) is 11.5 Å². The Morgan fingerprint density at radius 1 is 1.27 bits per heavy atom. The second-order valence-electron chi connectivity index (χ2n) is 5.75. The lowest BCUT2D eigenvalue weighted by Gasteiger charge is -2.27. The lowest BCUT2D eigenvalue weighted by Crippen LogP contribution is -2.35. The molecule has 0 radical (unpaired) electrons. The number of carbonyl (C=O) groups excluding carboxylic acids is 1. The van der Waals surface area contributed by atoms with Crippen LogP contribution in [0.3, 0.4) is 0 Å². The van der Waals surface area contributed by atoms with Crippen LogP contribution in [0.2, 0.25) is 5.15 Å². The minimum atomic E-state index is -2.66. The number of rotatable bonds is 3. The molecule has 1 aromatic carbocycles. The number of alkyl halides is 2. The molecule has 2 amide bonds. The lowest BCUT2D eigenvalue weighted by atomic mass is 9.87. The average molecular weight is 389 g/mol. The highest BCUT2D eigenvalue weighted by Gasteiger charge is 2.34. The van der Waals surface area contributed by atoms with Crippen LogP contribution in [0.1, 0.15) is 30.0 Å². The van der Waals surface area contributed by atoms with Gasteiger partial charge in [0.25, 0.3) is 0 Å². The first-order valence-corrected chi connectivity index (χ1v) is 8.07. The molecule has 10 heteroatoms. The summed E-state index contributed by atoms with van der Waals surface area (Å²) in [5.41, 5.74) is 4.78. The third kappa shape index (κ3) is 3.18. The number of fused-ring (bicyclic) bond motifs is 1. The first kappa shape index (κ1) is 18.4. The number of urea groups is 1. The number of aryl methyl sites for hydroxylation is 1. The van der Waals surface area contributed by atoms with E-state index in [1.807, 2.05) is 0 Å². The monoisotopic (exact) mass is 388 g/mol. The van der Waals surface area contributed by atoms with Crippen LogP contribution in [-0.2, 0) is 6.42 Å². The van der Waals surface area contributed by atoms with Crippen molar-refractivity contribution >= 4 is 29.3 Å². The molecule has 0 aliphatic heterocycles. The highest BCUT2D eigenvalue weighted by Crippen LogP contribution is 2.40. The van der Waals surface area contributed by atoms with E-state index in [1.165, 1.54) is 0 Å². The molecule has 3 rings (SSSR count). The van der Waals surface area contributed by atoms with E-state index in [4.69, 9.17) is 17.3 Å². The second kappa shape index (κ2) is 7.06. The van der Waals surface area contributed by atoms with Crippen molar-refractivity contribution in [1.29, 1.82) is 0 Å². The van der Waals surface area contributed by atoms with Crippen LogP contribution >= 0.6 is 11.6 Å². The number of halogens is 5. The average Bonchev–Trinajstić information content (AvgIpc) is 2.57. The van der Waals surface area contributed by atoms with Crippen molar-refractivity contribution in [2.24, 2.45) is 5.73 Å². The summed E-state index contributed by atoms with van der Waals surface area (Å²) in [5.74, 6) is -3.73. The SMILES string of the molecule is NC(=O)N(c1nc(Cl)c2c(n1)CCCC2C(F)F)c1c(F)cccc1F. The van der Waals surface area contributed by atoms with Gasteiger partial charge in [-0.15, -0.1) is 0 Å². The lowest BCUT2D eigenvalue weighted by molar-refractivity contribution is 0.105. The molecule has 2 N–H and O–H groups in total. The Balaban J connectivity index is 2.16. The van der Waals surface area contributed by atoms with Gasteiger partial charge in [-0.3, -0.25) is 0 Å². The molecule has 138 valence electrons. The minimum Gasteiger partial charge on any atom is -0.351 e. The number of hydrogen-bond donors (Lipinski definition) is 1. The maximum absolute atomic E-state index is 14.1. The molecular formula is C16H13ClF4N4O. The Morgan fingerprint density at radius 2 is 1.92 bits per heavy atom. The van der Waals surface area contributed by atoms with Gasteiger partial charge in [-0.1, -0.05) is 17.7 Å². The first-order chi connectivity index (χ1) is 12.3. The fourth-order valence-electron chi connectivity index (χ4n) is 3.03. The molecule has 1 aliphatic rings. The molecular weight excluding hydrogens is 376 g/mol. The highest BCUT2D eigenvalue weighted by atomic mass is 35.5. The molecule has 1 aromatic heterocycles. The predicted molar refractivity (Wildman–Crippen MR) is 86.8 cm³/mol. The maximum Gasteiger partial charge on any atom is 0.326 e. The van der Waals surface area contributed by atoms with Crippen LogP contribution < -0.4 is 10.6 Å². The topological polar surface area (TPSA) is 72.1 Å². The fraction of sp³-hybridized carbons (Fsp3) is 0.312. The van der Waals surface area contributed by atoms with Gasteiger partial charge in [-0.2, -0.15) is 4.98 Å². The predicted octanol–water partition coefficient (Wildman–Crippen LogP) is 4.31. The normalized spacial score (nSPS) is 16.5. The zero-order valence-corrected chi connectivity index (χ0v) is 14.0. The van der Waals surface area contributed by atoms with Gasteiger partial charge < -0.3 is 5.73 Å². The number of nitrogens with zero attached hydrogens (tertiary/aromatic N) is 3. The standard InChI is InChI=1S/C16H13ClF4N4O/c17-13-11-7(14(20)21)3-1-6-10(11)23-16(24-13)25(15(22)26)12-8(18)4-2-5-9(12)19/h2,4-5,7,14H,1,3,6H2,(H2,22,26). The van der Waals surface area contributed by atoms with Crippen molar-refractivity contribution in [2.45, 2.75) is 31.6 Å². The number of anilines is 2. The smallest absolute Gasteiger partial charge is 0.326 e. The van der Waals surface area contributed by atoms with E-state index in [9.17, 15) is 22.4 Å². The Labute approximate surface area is 150 Å². The van der Waals surface area contributed by atoms with Crippen molar-refractivity contribution < 1.29 is 22.4 Å². The number of carbonyl (C=O) groups is 1. The van der Waals surface area contributed by atoms with Gasteiger partial charge in [0.2, 0.25) is 12.4 Å². The van der Waals surface area contributed by atoms with E-state index in [2.05, 4.69) is 9.97 Å². The van der Waals surface area contributed by atoms with Crippen molar-refractivity contribution in [3.05, 3.63) is 46.2 Å². The summed E-state index contributed by atoms with van der Waals surface area (Å²) in [6.45, 7) is 0. The molecule has 0 bridgehead atoms. The van der Waals surface area contributed by atoms with Gasteiger partial charge in [0.1, 0.15) is 22.5 Å². The summed E-state index contributed by atoms with van der Waals surface area (Å²) in [5, 5.41) is -0.294. The summed E-state index contributed by atoms with van der Waals surface area (Å²) < 4.78 is 54.6. The number of para-hydroxylation sites is 1. The van der Waals surface area contributed by atoms with Crippen molar-refractivity contribution in [2.75, 3.05) is 4.90 Å². The van der Waals surface area contributed by atoms with Crippen LogP contribution in [0.4, 0.5) is 34.0 Å². The highest BCUT2D eigenvalue weighted by molar-refractivity contribution is 6.30. The van der Waals surface area contributed by atoms with E-state index in [0.29, 0.717) is 17.7 Å². The molecule has 0 fully saturated rings. The summed E-state index contributed by atoms with van der Waals surface area (Å²) >= 11 is 6.05. The zero-order valence-electron chi connectivity index (χ0n) is 13.2. The van der Waals surface area contributed by atoms with Gasteiger partial charge >= 0.3 is 6.03 Å². The molecule has 1 unspecified atom stereocenters. The van der Waals surface area contributed by atoms with Crippen LogP contribution in [0, 0.1) is 11.6 Å². The molecule has 0 saturated carbocycles. The van der Waals surface area contributed by atoms with Gasteiger partial charge in [0.05, 0.1) is 5.69 Å². The molecule has 1 aliphatic carbocycles. The Bertz CT molecular complexity index is 844. The van der Waals surface area contributed by atoms with Crippen molar-refractivity contribution in [1.82, 2.24) is 9.97 Å². The number of amides is 2. The van der Waals surface area contributed by atoms with Gasteiger partial charge in [0.15, 0.2) is 0 Å². The molecule has 5 nitrogen and oxygen atoms in total. The van der Waals surface area contributed by atoms with Crippen LogP contribution in [-0.4, -0.2) is 22.4 Å².